The van der Waals surface area contributed by atoms with Crippen LogP contribution < -0.4 is 5.32 Å². The van der Waals surface area contributed by atoms with Gasteiger partial charge in [0.05, 0.1) is 11.6 Å². The number of nitrogens with zero attached hydrogens (tertiary/aromatic N) is 2. The SMILES string of the molecule is O=C(O)C(F)(F)F.O=C(O)c1[nH]nc2c(NC(=O)[C@@H]3CN(Cc4ccccc4)C[C@H]3c3ccc(Cl)cc3)cccc12. The number of aromatic nitrogens is 2. The summed E-state index contributed by atoms with van der Waals surface area (Å²) >= 11 is 6.10. The van der Waals surface area contributed by atoms with Gasteiger partial charge in [0, 0.05) is 36.0 Å². The Labute approximate surface area is 236 Å². The van der Waals surface area contributed by atoms with Gasteiger partial charge in [0.1, 0.15) is 5.52 Å². The molecule has 1 aliphatic rings. The lowest BCUT2D eigenvalue weighted by molar-refractivity contribution is -0.192. The Morgan fingerprint density at radius 2 is 1.63 bits per heavy atom. The Kier molecular flexibility index (Phi) is 8.94. The molecule has 13 heteroatoms. The Hall–Kier alpha value is -4.42. The zero-order valence-electron chi connectivity index (χ0n) is 21.2. The molecule has 5 rings (SSSR count). The zero-order valence-corrected chi connectivity index (χ0v) is 22.0. The van der Waals surface area contributed by atoms with Gasteiger partial charge < -0.3 is 15.5 Å². The smallest absolute Gasteiger partial charge is 0.477 e. The van der Waals surface area contributed by atoms with Crippen LogP contribution in [0.3, 0.4) is 0 Å². The van der Waals surface area contributed by atoms with Crippen molar-refractivity contribution in [2.45, 2.75) is 18.6 Å². The minimum Gasteiger partial charge on any atom is -0.477 e. The molecule has 0 radical (unpaired) electrons. The minimum absolute atomic E-state index is 0.0000393. The number of carboxylic acid groups (broad SMARTS) is 2. The van der Waals surface area contributed by atoms with Crippen LogP contribution in [0.15, 0.2) is 72.8 Å². The van der Waals surface area contributed by atoms with E-state index in [1.54, 1.807) is 18.2 Å². The van der Waals surface area contributed by atoms with E-state index in [2.05, 4.69) is 32.5 Å². The summed E-state index contributed by atoms with van der Waals surface area (Å²) in [5, 5.41) is 27.3. The molecule has 0 bridgehead atoms. The van der Waals surface area contributed by atoms with Gasteiger partial charge in [0.15, 0.2) is 5.69 Å². The van der Waals surface area contributed by atoms with Gasteiger partial charge in [-0.25, -0.2) is 9.59 Å². The first-order valence-corrected chi connectivity index (χ1v) is 12.6. The van der Waals surface area contributed by atoms with Crippen LogP contribution in [0.4, 0.5) is 18.9 Å². The van der Waals surface area contributed by atoms with Gasteiger partial charge in [-0.3, -0.25) is 14.8 Å². The molecule has 0 saturated carbocycles. The number of rotatable bonds is 6. The fraction of sp³-hybridized carbons (Fsp3) is 0.214. The molecule has 1 aliphatic heterocycles. The number of carboxylic acids is 2. The van der Waals surface area contributed by atoms with Crippen molar-refractivity contribution in [3.05, 3.63) is 94.6 Å². The van der Waals surface area contributed by atoms with E-state index in [-0.39, 0.29) is 23.4 Å². The highest BCUT2D eigenvalue weighted by atomic mass is 35.5. The van der Waals surface area contributed by atoms with E-state index in [1.807, 2.05) is 42.5 Å². The summed E-state index contributed by atoms with van der Waals surface area (Å²) in [6, 6.07) is 23.0. The number of benzene rings is 3. The van der Waals surface area contributed by atoms with Gasteiger partial charge in [-0.1, -0.05) is 66.2 Å². The summed E-state index contributed by atoms with van der Waals surface area (Å²) in [7, 11) is 0. The van der Waals surface area contributed by atoms with Crippen molar-refractivity contribution < 1.29 is 37.8 Å². The van der Waals surface area contributed by atoms with E-state index >= 15 is 0 Å². The molecule has 0 unspecified atom stereocenters. The highest BCUT2D eigenvalue weighted by Gasteiger charge is 2.39. The number of fused-ring (bicyclic) bond motifs is 1. The molecular weight excluding hydrogens is 565 g/mol. The maximum atomic E-state index is 13.5. The van der Waals surface area contributed by atoms with E-state index in [1.165, 1.54) is 5.56 Å². The maximum absolute atomic E-state index is 13.5. The van der Waals surface area contributed by atoms with Crippen molar-refractivity contribution in [1.82, 2.24) is 15.1 Å². The standard InChI is InChI=1S/C26H23ClN4O3.C2HF3O2/c27-18-11-9-17(10-12-18)20-14-31(13-16-5-2-1-3-6-16)15-21(20)25(32)28-22-8-4-7-19-23(22)29-30-24(19)26(33)34;3-2(4,5)1(6)7/h1-12,20-21H,13-15H2,(H,28,32)(H,29,30)(H,33,34);(H,6,7)/t20-,21+;/m0./s1. The molecule has 2 heterocycles. The van der Waals surface area contributed by atoms with E-state index < -0.39 is 18.1 Å². The summed E-state index contributed by atoms with van der Waals surface area (Å²) in [5.41, 5.74) is 3.17. The summed E-state index contributed by atoms with van der Waals surface area (Å²) in [6.07, 6.45) is -5.08. The molecule has 1 aromatic heterocycles. The van der Waals surface area contributed by atoms with Gasteiger partial charge in [-0.15, -0.1) is 0 Å². The van der Waals surface area contributed by atoms with Gasteiger partial charge in [0.2, 0.25) is 5.91 Å². The largest absolute Gasteiger partial charge is 0.490 e. The van der Waals surface area contributed by atoms with Crippen LogP contribution in [0.25, 0.3) is 10.9 Å². The molecule has 1 fully saturated rings. The van der Waals surface area contributed by atoms with Gasteiger partial charge in [0.25, 0.3) is 0 Å². The predicted molar refractivity (Wildman–Crippen MR) is 145 cm³/mol. The van der Waals surface area contributed by atoms with Crippen molar-refractivity contribution in [3.63, 3.8) is 0 Å². The summed E-state index contributed by atoms with van der Waals surface area (Å²) < 4.78 is 31.7. The third-order valence-electron chi connectivity index (χ3n) is 6.58. The fourth-order valence-corrected chi connectivity index (χ4v) is 4.82. The monoisotopic (exact) mass is 588 g/mol. The van der Waals surface area contributed by atoms with Gasteiger partial charge in [-0.2, -0.15) is 18.3 Å². The second kappa shape index (κ2) is 12.4. The van der Waals surface area contributed by atoms with Crippen LogP contribution >= 0.6 is 11.6 Å². The number of hydrogen-bond acceptors (Lipinski definition) is 5. The number of alkyl halides is 3. The number of carbonyl (C=O) groups excluding carboxylic acids is 1. The van der Waals surface area contributed by atoms with Crippen LogP contribution in [0.1, 0.15) is 27.5 Å². The molecule has 9 nitrogen and oxygen atoms in total. The highest BCUT2D eigenvalue weighted by molar-refractivity contribution is 6.30. The summed E-state index contributed by atoms with van der Waals surface area (Å²) in [6.45, 7) is 2.10. The van der Waals surface area contributed by atoms with Crippen LogP contribution in [-0.2, 0) is 16.1 Å². The molecule has 41 heavy (non-hydrogen) atoms. The topological polar surface area (TPSA) is 136 Å². The molecule has 3 aromatic carbocycles. The predicted octanol–water partition coefficient (Wildman–Crippen LogP) is 5.40. The number of halogens is 4. The third kappa shape index (κ3) is 7.21. The number of aliphatic carboxylic acids is 1. The maximum Gasteiger partial charge on any atom is 0.490 e. The van der Waals surface area contributed by atoms with Crippen molar-refractivity contribution in [3.8, 4) is 0 Å². The Bertz CT molecular complexity index is 1540. The van der Waals surface area contributed by atoms with Crippen molar-refractivity contribution in [2.75, 3.05) is 18.4 Å². The third-order valence-corrected chi connectivity index (χ3v) is 6.83. The minimum atomic E-state index is -5.08. The molecule has 0 aliphatic carbocycles. The first kappa shape index (κ1) is 29.6. The number of likely N-dealkylation sites (tertiary alicyclic amines) is 1. The van der Waals surface area contributed by atoms with E-state index in [0.717, 1.165) is 18.7 Å². The van der Waals surface area contributed by atoms with Crippen LogP contribution in [0, 0.1) is 5.92 Å². The number of amides is 1. The highest BCUT2D eigenvalue weighted by Crippen LogP contribution is 2.35. The molecule has 2 atom stereocenters. The quantitative estimate of drug-likeness (QED) is 0.237. The molecule has 4 N–H and O–H groups in total. The number of aromatic carboxylic acids is 1. The number of H-pyrrole nitrogens is 1. The average Bonchev–Trinajstić information content (AvgIpc) is 3.55. The van der Waals surface area contributed by atoms with Crippen LogP contribution in [-0.4, -0.2) is 62.4 Å². The number of nitrogens with one attached hydrogen (secondary N) is 2. The number of carbonyl (C=O) groups is 3. The van der Waals surface area contributed by atoms with E-state index in [4.69, 9.17) is 21.5 Å². The Morgan fingerprint density at radius 1 is 0.976 bits per heavy atom. The van der Waals surface area contributed by atoms with Crippen LogP contribution in [0.2, 0.25) is 5.02 Å². The second-order valence-corrected chi connectivity index (χ2v) is 9.78. The lowest BCUT2D eigenvalue weighted by Crippen LogP contribution is -2.29. The van der Waals surface area contributed by atoms with Gasteiger partial charge in [-0.05, 0) is 29.3 Å². The Morgan fingerprint density at radius 3 is 2.24 bits per heavy atom. The van der Waals surface area contributed by atoms with Gasteiger partial charge >= 0.3 is 18.1 Å². The molecule has 214 valence electrons. The first-order valence-electron chi connectivity index (χ1n) is 12.3. The molecule has 0 spiro atoms. The lowest BCUT2D eigenvalue weighted by atomic mass is 9.88. The van der Waals surface area contributed by atoms with Crippen molar-refractivity contribution in [2.24, 2.45) is 5.92 Å². The number of hydrogen-bond donors (Lipinski definition) is 4. The van der Waals surface area contributed by atoms with Crippen LogP contribution in [0.5, 0.6) is 0 Å². The number of anilines is 1. The van der Waals surface area contributed by atoms with E-state index in [9.17, 15) is 27.9 Å². The fourth-order valence-electron chi connectivity index (χ4n) is 4.70. The molecule has 1 saturated heterocycles. The second-order valence-electron chi connectivity index (χ2n) is 9.34. The molecular formula is C28H24ClF3N4O5. The lowest BCUT2D eigenvalue weighted by Gasteiger charge is -2.19. The van der Waals surface area contributed by atoms with Crippen molar-refractivity contribution in [1.29, 1.82) is 0 Å². The summed E-state index contributed by atoms with van der Waals surface area (Å²) in [4.78, 5) is 36.2. The normalized spacial score (nSPS) is 17.1. The first-order chi connectivity index (χ1) is 19.4. The Balaban J connectivity index is 0.000000493. The average molecular weight is 589 g/mol. The van der Waals surface area contributed by atoms with Crippen molar-refractivity contribution >= 4 is 46.0 Å². The zero-order chi connectivity index (χ0) is 29.7. The summed E-state index contributed by atoms with van der Waals surface area (Å²) in [5.74, 6) is -4.27. The van der Waals surface area contributed by atoms with E-state index in [0.29, 0.717) is 28.2 Å². The number of aromatic amines is 1. The molecule has 4 aromatic rings. The molecule has 1 amide bonds. The number of para-hydroxylation sites is 1.